The quantitative estimate of drug-likeness (QED) is 0.232. The molecule has 6 rings (SSSR count). The Bertz CT molecular complexity index is 1830. The zero-order valence-corrected chi connectivity index (χ0v) is 24.2. The lowest BCUT2D eigenvalue weighted by Crippen LogP contribution is -2.12. The van der Waals surface area contributed by atoms with Gasteiger partial charge in [-0.1, -0.05) is 65.0 Å². The third kappa shape index (κ3) is 4.33. The van der Waals surface area contributed by atoms with Crippen molar-refractivity contribution in [3.05, 3.63) is 88.5 Å². The van der Waals surface area contributed by atoms with E-state index in [2.05, 4.69) is 115 Å². The fraction of sp³-hybridized carbons (Fsp3) is 0.286. The standard InChI is InChI=1S/C35H35NOS/c1-20(2)14-27-17-26-16-24(12-13-32(26)37-27)29-19-31(36-33-21(3)22(4)38-34(29)33)25-15-23-10-8-9-11-28(23)30(18-25)35(5,6)7/h8-13,15-20H,14H2,1-7H3. The summed E-state index contributed by atoms with van der Waals surface area (Å²) < 4.78 is 7.41. The Balaban J connectivity index is 1.59. The first-order chi connectivity index (χ1) is 18.1. The van der Waals surface area contributed by atoms with Crippen molar-refractivity contribution < 1.29 is 4.42 Å². The lowest BCUT2D eigenvalue weighted by molar-refractivity contribution is 0.500. The molecule has 0 bridgehead atoms. The smallest absolute Gasteiger partial charge is 0.134 e. The number of pyridine rings is 1. The summed E-state index contributed by atoms with van der Waals surface area (Å²) in [5, 5.41) is 3.74. The van der Waals surface area contributed by atoms with Gasteiger partial charge in [0.25, 0.3) is 0 Å². The number of thiophene rings is 1. The van der Waals surface area contributed by atoms with Gasteiger partial charge in [0.1, 0.15) is 11.3 Å². The van der Waals surface area contributed by atoms with Crippen molar-refractivity contribution in [1.29, 1.82) is 0 Å². The van der Waals surface area contributed by atoms with Gasteiger partial charge in [0.2, 0.25) is 0 Å². The largest absolute Gasteiger partial charge is 0.461 e. The van der Waals surface area contributed by atoms with Crippen LogP contribution in [0.15, 0.2) is 71.1 Å². The summed E-state index contributed by atoms with van der Waals surface area (Å²) in [6.45, 7) is 15.7. The van der Waals surface area contributed by atoms with Crippen LogP contribution < -0.4 is 0 Å². The molecule has 0 aliphatic rings. The Kier molecular flexibility index (Phi) is 5.96. The first-order valence-corrected chi connectivity index (χ1v) is 14.4. The van der Waals surface area contributed by atoms with Crippen LogP contribution >= 0.6 is 11.3 Å². The topological polar surface area (TPSA) is 26.0 Å². The summed E-state index contributed by atoms with van der Waals surface area (Å²) >= 11 is 1.85. The molecule has 0 saturated carbocycles. The molecule has 38 heavy (non-hydrogen) atoms. The third-order valence-corrected chi connectivity index (χ3v) is 8.79. The molecule has 0 N–H and O–H groups in total. The van der Waals surface area contributed by atoms with Gasteiger partial charge in [-0.3, -0.25) is 0 Å². The van der Waals surface area contributed by atoms with Crippen LogP contribution in [0.4, 0.5) is 0 Å². The van der Waals surface area contributed by atoms with Crippen molar-refractivity contribution in [3.63, 3.8) is 0 Å². The zero-order chi connectivity index (χ0) is 26.8. The molecular formula is C35H35NOS. The van der Waals surface area contributed by atoms with Crippen LogP contribution in [0.25, 0.3) is 54.3 Å². The van der Waals surface area contributed by atoms with Gasteiger partial charge in [-0.05, 0) is 89.0 Å². The number of furan rings is 1. The minimum atomic E-state index is 0.0252. The van der Waals surface area contributed by atoms with Crippen LogP contribution in [-0.2, 0) is 11.8 Å². The van der Waals surface area contributed by atoms with Crippen LogP contribution in [0.1, 0.15) is 56.4 Å². The number of hydrogen-bond donors (Lipinski definition) is 0. The molecule has 3 aromatic heterocycles. The summed E-state index contributed by atoms with van der Waals surface area (Å²) in [6.07, 6.45) is 0.953. The highest BCUT2D eigenvalue weighted by molar-refractivity contribution is 7.19. The minimum absolute atomic E-state index is 0.0252. The van der Waals surface area contributed by atoms with E-state index in [0.717, 1.165) is 34.4 Å². The van der Waals surface area contributed by atoms with Gasteiger partial charge in [-0.25, -0.2) is 4.98 Å². The molecule has 0 atom stereocenters. The number of benzene rings is 3. The minimum Gasteiger partial charge on any atom is -0.461 e. The number of nitrogens with zero attached hydrogens (tertiary/aromatic N) is 1. The second-order valence-corrected chi connectivity index (χ2v) is 13.3. The number of rotatable bonds is 4. The predicted molar refractivity (Wildman–Crippen MR) is 164 cm³/mol. The van der Waals surface area contributed by atoms with Crippen LogP contribution in [0, 0.1) is 19.8 Å². The van der Waals surface area contributed by atoms with Crippen molar-refractivity contribution in [3.8, 4) is 22.4 Å². The molecule has 2 nitrogen and oxygen atoms in total. The van der Waals surface area contributed by atoms with Crippen molar-refractivity contribution in [2.45, 2.75) is 60.3 Å². The number of aryl methyl sites for hydroxylation is 2. The van der Waals surface area contributed by atoms with Crippen molar-refractivity contribution in [2.24, 2.45) is 5.92 Å². The van der Waals surface area contributed by atoms with E-state index in [1.54, 1.807) is 0 Å². The highest BCUT2D eigenvalue weighted by atomic mass is 32.1. The maximum absolute atomic E-state index is 6.15. The predicted octanol–water partition coefficient (Wildman–Crippen LogP) is 10.6. The van der Waals surface area contributed by atoms with Crippen LogP contribution in [0.3, 0.4) is 0 Å². The van der Waals surface area contributed by atoms with Crippen molar-refractivity contribution in [1.82, 2.24) is 4.98 Å². The second-order valence-electron chi connectivity index (χ2n) is 12.1. The molecule has 0 radical (unpaired) electrons. The van der Waals surface area contributed by atoms with Gasteiger partial charge >= 0.3 is 0 Å². The average molecular weight is 518 g/mol. The molecular weight excluding hydrogens is 482 g/mol. The molecule has 0 aliphatic carbocycles. The molecule has 0 aliphatic heterocycles. The maximum atomic E-state index is 6.15. The first-order valence-electron chi connectivity index (χ1n) is 13.6. The van der Waals surface area contributed by atoms with Crippen molar-refractivity contribution >= 4 is 43.3 Å². The molecule has 6 aromatic rings. The summed E-state index contributed by atoms with van der Waals surface area (Å²) in [7, 11) is 0. The molecule has 192 valence electrons. The average Bonchev–Trinajstić information content (AvgIpc) is 3.40. The Labute approximate surface area is 229 Å². The molecule has 0 saturated heterocycles. The van der Waals surface area contributed by atoms with Crippen LogP contribution in [0.5, 0.6) is 0 Å². The van der Waals surface area contributed by atoms with Gasteiger partial charge in [0.05, 0.1) is 15.9 Å². The monoisotopic (exact) mass is 517 g/mol. The summed E-state index contributed by atoms with van der Waals surface area (Å²) in [6, 6.07) is 24.5. The van der Waals surface area contributed by atoms with E-state index in [0.29, 0.717) is 5.92 Å². The van der Waals surface area contributed by atoms with Crippen LogP contribution in [0.2, 0.25) is 0 Å². The molecule has 3 heterocycles. The SMILES string of the molecule is Cc1sc2c(-c3ccc4oc(CC(C)C)cc4c3)cc(-c3cc(C(C)(C)C)c4ccccc4c3)nc2c1C. The summed E-state index contributed by atoms with van der Waals surface area (Å²) in [4.78, 5) is 6.60. The maximum Gasteiger partial charge on any atom is 0.134 e. The van der Waals surface area contributed by atoms with Gasteiger partial charge in [-0.15, -0.1) is 11.3 Å². The molecule has 0 spiro atoms. The van der Waals surface area contributed by atoms with Gasteiger partial charge in [0, 0.05) is 27.8 Å². The van der Waals surface area contributed by atoms with E-state index in [9.17, 15) is 0 Å². The van der Waals surface area contributed by atoms with Gasteiger partial charge in [0.15, 0.2) is 0 Å². The van der Waals surface area contributed by atoms with Gasteiger partial charge < -0.3 is 4.42 Å². The van der Waals surface area contributed by atoms with E-state index < -0.39 is 0 Å². The van der Waals surface area contributed by atoms with E-state index in [-0.39, 0.29) is 5.41 Å². The Morgan fingerprint density at radius 1 is 0.868 bits per heavy atom. The number of fused-ring (bicyclic) bond motifs is 3. The van der Waals surface area contributed by atoms with E-state index >= 15 is 0 Å². The van der Waals surface area contributed by atoms with E-state index in [1.807, 2.05) is 11.3 Å². The lowest BCUT2D eigenvalue weighted by atomic mass is 9.82. The van der Waals surface area contributed by atoms with E-state index in [1.165, 1.54) is 48.2 Å². The highest BCUT2D eigenvalue weighted by Crippen LogP contribution is 2.41. The third-order valence-electron chi connectivity index (χ3n) is 7.56. The first kappa shape index (κ1) is 24.9. The highest BCUT2D eigenvalue weighted by Gasteiger charge is 2.21. The molecule has 3 aromatic carbocycles. The Hall–Kier alpha value is -3.43. The van der Waals surface area contributed by atoms with E-state index in [4.69, 9.17) is 9.40 Å². The lowest BCUT2D eigenvalue weighted by Gasteiger charge is -2.23. The normalized spacial score (nSPS) is 12.4. The Morgan fingerprint density at radius 3 is 2.39 bits per heavy atom. The molecule has 0 unspecified atom stereocenters. The zero-order valence-electron chi connectivity index (χ0n) is 23.4. The van der Waals surface area contributed by atoms with Crippen LogP contribution in [-0.4, -0.2) is 4.98 Å². The fourth-order valence-corrected chi connectivity index (χ4v) is 6.64. The molecule has 0 amide bonds. The second kappa shape index (κ2) is 9.10. The Morgan fingerprint density at radius 2 is 1.63 bits per heavy atom. The fourth-order valence-electron chi connectivity index (χ4n) is 5.50. The van der Waals surface area contributed by atoms with Gasteiger partial charge in [-0.2, -0.15) is 0 Å². The number of aromatic nitrogens is 1. The van der Waals surface area contributed by atoms with Crippen molar-refractivity contribution in [2.75, 3.05) is 0 Å². The number of hydrogen-bond acceptors (Lipinski definition) is 3. The molecule has 0 fully saturated rings. The summed E-state index contributed by atoms with van der Waals surface area (Å²) in [5.74, 6) is 1.62. The summed E-state index contributed by atoms with van der Waals surface area (Å²) in [5.41, 5.74) is 9.36. The molecule has 3 heteroatoms.